The smallest absolute Gasteiger partial charge is 0.303 e. The highest BCUT2D eigenvalue weighted by atomic mass is 16.7. The van der Waals surface area contributed by atoms with E-state index in [1.165, 1.54) is 6.92 Å². The normalized spacial score (nSPS) is 35.2. The largest absolute Gasteiger partial charge is 0.481 e. The van der Waals surface area contributed by atoms with Crippen LogP contribution in [0, 0.1) is 0 Å². The first kappa shape index (κ1) is 52.0. The summed E-state index contributed by atoms with van der Waals surface area (Å²) in [6.07, 6.45) is -20.5. The number of unbranched alkanes of at least 4 members (excludes halogenated alkanes) is 2. The number of amides is 2. The second-order valence-electron chi connectivity index (χ2n) is 15.0. The molecule has 3 saturated heterocycles. The van der Waals surface area contributed by atoms with Gasteiger partial charge in [0.1, 0.15) is 67.1 Å². The molecule has 0 spiro atoms. The molecule has 350 valence electrons. The quantitative estimate of drug-likeness (QED) is 0.0359. The van der Waals surface area contributed by atoms with E-state index >= 15 is 0 Å². The number of ether oxygens (including phenoxy) is 6. The number of aliphatic hydroxyl groups is 11. The van der Waals surface area contributed by atoms with Crippen LogP contribution in [0.3, 0.4) is 0 Å². The van der Waals surface area contributed by atoms with Gasteiger partial charge in [-0.05, 0) is 39.0 Å². The summed E-state index contributed by atoms with van der Waals surface area (Å²) < 4.78 is 33.2. The molecule has 0 aliphatic carbocycles. The molecule has 0 aromatic rings. The highest BCUT2D eigenvalue weighted by Crippen LogP contribution is 2.25. The number of hydrogen-bond donors (Lipinski definition) is 14. The van der Waals surface area contributed by atoms with Crippen molar-refractivity contribution in [2.75, 3.05) is 59.2 Å². The zero-order chi connectivity index (χ0) is 44.5. The maximum Gasteiger partial charge on any atom is 0.303 e. The summed E-state index contributed by atoms with van der Waals surface area (Å²) >= 11 is 0. The summed E-state index contributed by atoms with van der Waals surface area (Å²) in [5.74, 6) is -1.77. The summed E-state index contributed by atoms with van der Waals surface area (Å²) in [7, 11) is 0. The molecule has 0 aromatic heterocycles. The van der Waals surface area contributed by atoms with Gasteiger partial charge in [0.25, 0.3) is 0 Å². The van der Waals surface area contributed by atoms with E-state index in [0.717, 1.165) is 0 Å². The molecule has 0 bridgehead atoms. The molecule has 14 N–H and O–H groups in total. The van der Waals surface area contributed by atoms with E-state index in [4.69, 9.17) is 33.5 Å². The Bertz CT molecular complexity index is 1230. The van der Waals surface area contributed by atoms with Crippen LogP contribution in [-0.2, 0) is 42.8 Å². The molecule has 1 unspecified atom stereocenters. The Balaban J connectivity index is 1.72. The maximum atomic E-state index is 13.9. The third-order valence-corrected chi connectivity index (χ3v) is 10.5. The number of aliphatic hydroxyl groups excluding tert-OH is 11. The lowest BCUT2D eigenvalue weighted by Crippen LogP contribution is -2.59. The first-order chi connectivity index (χ1) is 28.5. The highest BCUT2D eigenvalue weighted by molar-refractivity contribution is 5.81. The number of aliphatic carboxylic acids is 1. The van der Waals surface area contributed by atoms with Gasteiger partial charge < -0.3 is 100 Å². The Hall–Kier alpha value is -2.31. The Morgan fingerprint density at radius 1 is 0.583 bits per heavy atom. The van der Waals surface area contributed by atoms with Crippen molar-refractivity contribution in [2.45, 2.75) is 150 Å². The van der Waals surface area contributed by atoms with Gasteiger partial charge in [-0.2, -0.15) is 0 Å². The van der Waals surface area contributed by atoms with Gasteiger partial charge in [-0.15, -0.1) is 0 Å². The number of carbonyl (C=O) groups is 3. The maximum absolute atomic E-state index is 13.9. The van der Waals surface area contributed by atoms with Crippen LogP contribution < -0.4 is 10.6 Å². The summed E-state index contributed by atoms with van der Waals surface area (Å²) in [4.78, 5) is 38.5. The van der Waals surface area contributed by atoms with Crippen molar-refractivity contribution in [3.05, 3.63) is 0 Å². The van der Waals surface area contributed by atoms with Crippen molar-refractivity contribution >= 4 is 17.8 Å². The van der Waals surface area contributed by atoms with Crippen molar-refractivity contribution in [3.63, 3.8) is 0 Å². The predicted molar refractivity (Wildman–Crippen MR) is 199 cm³/mol. The van der Waals surface area contributed by atoms with Crippen LogP contribution in [0.15, 0.2) is 0 Å². The summed E-state index contributed by atoms with van der Waals surface area (Å²) in [6, 6.07) is -0.984. The van der Waals surface area contributed by atoms with Crippen molar-refractivity contribution in [1.29, 1.82) is 0 Å². The van der Waals surface area contributed by atoms with Gasteiger partial charge in [-0.3, -0.25) is 19.3 Å². The molecule has 0 saturated carbocycles. The van der Waals surface area contributed by atoms with Gasteiger partial charge in [-0.1, -0.05) is 0 Å². The van der Waals surface area contributed by atoms with E-state index in [0.29, 0.717) is 25.7 Å². The summed E-state index contributed by atoms with van der Waals surface area (Å²) in [6.45, 7) is -0.709. The first-order valence-corrected chi connectivity index (χ1v) is 20.2. The molecule has 3 fully saturated rings. The number of nitrogens with zero attached hydrogens (tertiary/aromatic N) is 1. The van der Waals surface area contributed by atoms with Crippen LogP contribution in [0.1, 0.15) is 51.9 Å². The molecule has 3 heterocycles. The molecule has 3 rings (SSSR count). The molecule has 24 nitrogen and oxygen atoms in total. The van der Waals surface area contributed by atoms with Crippen LogP contribution in [0.2, 0.25) is 0 Å². The second-order valence-corrected chi connectivity index (χ2v) is 15.0. The minimum Gasteiger partial charge on any atom is -0.481 e. The molecule has 3 aliphatic heterocycles. The van der Waals surface area contributed by atoms with E-state index < -0.39 is 123 Å². The molecule has 16 atom stereocenters. The van der Waals surface area contributed by atoms with Crippen molar-refractivity contribution in [1.82, 2.24) is 15.5 Å². The van der Waals surface area contributed by atoms with E-state index in [9.17, 15) is 70.6 Å². The standard InChI is InChI=1S/C36H65N3O21/c1-18-24(45)27(48)30(51)34(58-18)55-13-10-38-33(54)19(6-4-5-9-37-22(42)7-2-3-8-23(43)44)39(11-14-56-35-31(52)28(49)25(46)20(16-40)59-35)12-15-57-36-32(53)29(50)26(47)21(17-41)60-36/h18-21,24-32,34-36,40-41,45-53H,2-17H2,1H3,(H,37,42)(H,38,54)(H,43,44)/t18-,19?,20+,21+,24+,25+,26+,27+,28-,29-,30-,31-,32-,34+,35-,36-/m0/s1. The number of rotatable bonds is 26. The molecule has 24 heteroatoms. The lowest BCUT2D eigenvalue weighted by atomic mass is 9.99. The second kappa shape index (κ2) is 26.3. The molecular weight excluding hydrogens is 810 g/mol. The Morgan fingerprint density at radius 2 is 1.07 bits per heavy atom. The minimum absolute atomic E-state index is 0.0523. The van der Waals surface area contributed by atoms with E-state index in [1.54, 1.807) is 4.90 Å². The van der Waals surface area contributed by atoms with Crippen molar-refractivity contribution in [2.24, 2.45) is 0 Å². The molecule has 60 heavy (non-hydrogen) atoms. The third-order valence-electron chi connectivity index (χ3n) is 10.5. The van der Waals surface area contributed by atoms with Gasteiger partial charge in [0.2, 0.25) is 11.8 Å². The highest BCUT2D eigenvalue weighted by Gasteiger charge is 2.46. The lowest BCUT2D eigenvalue weighted by Gasteiger charge is -2.40. The monoisotopic (exact) mass is 875 g/mol. The van der Waals surface area contributed by atoms with Crippen LogP contribution in [-0.4, -0.2) is 241 Å². The van der Waals surface area contributed by atoms with Gasteiger partial charge >= 0.3 is 5.97 Å². The lowest BCUT2D eigenvalue weighted by molar-refractivity contribution is -0.303. The minimum atomic E-state index is -1.72. The zero-order valence-corrected chi connectivity index (χ0v) is 33.5. The van der Waals surface area contributed by atoms with Crippen LogP contribution in [0.4, 0.5) is 0 Å². The number of carboxylic acids is 1. The summed E-state index contributed by atoms with van der Waals surface area (Å²) in [5.41, 5.74) is 0. The average molecular weight is 876 g/mol. The number of carboxylic acid groups (broad SMARTS) is 1. The SMILES string of the molecule is C[C@@H]1O[C@@H](OCCNC(=O)C(CCCCNC(=O)CCCCC(=O)O)N(CCO[C@H]2O[C@H](CO)[C@@H](O)[C@H](O)[C@@H]2O)CCO[C@H]2O[C@H](CO)[C@@H](O)[C@H](O)[C@@H]2O)[C@@H](O)[C@H](O)[C@@H]1O. The van der Waals surface area contributed by atoms with Crippen LogP contribution in [0.25, 0.3) is 0 Å². The number of carbonyl (C=O) groups excluding carboxylic acids is 2. The fourth-order valence-corrected chi connectivity index (χ4v) is 6.84. The van der Waals surface area contributed by atoms with Gasteiger partial charge in [-0.25, -0.2) is 0 Å². The van der Waals surface area contributed by atoms with Gasteiger partial charge in [0.05, 0.1) is 45.2 Å². The van der Waals surface area contributed by atoms with Crippen LogP contribution >= 0.6 is 0 Å². The van der Waals surface area contributed by atoms with E-state index in [1.807, 2.05) is 0 Å². The molecule has 2 amide bonds. The van der Waals surface area contributed by atoms with E-state index in [2.05, 4.69) is 10.6 Å². The topological polar surface area (TPSA) is 377 Å². The Labute approximate surface area is 346 Å². The predicted octanol–water partition coefficient (Wildman–Crippen LogP) is -6.82. The third kappa shape index (κ3) is 15.5. The number of nitrogens with one attached hydrogen (secondary N) is 2. The Kier molecular flexibility index (Phi) is 22.8. The molecular formula is C36H65N3O21. The zero-order valence-electron chi connectivity index (χ0n) is 33.5. The van der Waals surface area contributed by atoms with Crippen molar-refractivity contribution < 1.29 is 104 Å². The average Bonchev–Trinajstić information content (AvgIpc) is 3.22. The molecule has 3 aliphatic rings. The summed E-state index contributed by atoms with van der Waals surface area (Å²) in [5, 5.41) is 126. The molecule has 0 aromatic carbocycles. The fourth-order valence-electron chi connectivity index (χ4n) is 6.84. The first-order valence-electron chi connectivity index (χ1n) is 20.2. The van der Waals surface area contributed by atoms with E-state index in [-0.39, 0.29) is 71.2 Å². The fraction of sp³-hybridized carbons (Fsp3) is 0.917. The van der Waals surface area contributed by atoms with Gasteiger partial charge in [0, 0.05) is 39.0 Å². The van der Waals surface area contributed by atoms with Crippen LogP contribution in [0.5, 0.6) is 0 Å². The Morgan fingerprint density at radius 3 is 1.58 bits per heavy atom. The molecule has 0 radical (unpaired) electrons. The number of hydrogen-bond acceptors (Lipinski definition) is 21. The van der Waals surface area contributed by atoms with Crippen molar-refractivity contribution in [3.8, 4) is 0 Å². The van der Waals surface area contributed by atoms with Gasteiger partial charge in [0.15, 0.2) is 18.9 Å².